The predicted molar refractivity (Wildman–Crippen MR) is 84.0 cm³/mol. The van der Waals surface area contributed by atoms with Crippen LogP contribution in [0.5, 0.6) is 0 Å². The standard InChI is InChI=1S/C15H23N3O3S/c1-11-5-6-13(17-16-11)22(20)12-7-9-18(10-8-12)14(19)21-15(2,3)4/h5-6,12H,7-10H2,1-4H3/t22-/m1/s1. The number of likely N-dealkylation sites (tertiary alicyclic amines) is 1. The molecule has 122 valence electrons. The van der Waals surface area contributed by atoms with Crippen LogP contribution in [0.15, 0.2) is 17.2 Å². The molecule has 0 aliphatic carbocycles. The van der Waals surface area contributed by atoms with Crippen molar-refractivity contribution >= 4 is 16.9 Å². The van der Waals surface area contributed by atoms with Gasteiger partial charge in [0.2, 0.25) is 0 Å². The number of hydrogen-bond acceptors (Lipinski definition) is 5. The first kappa shape index (κ1) is 16.9. The van der Waals surface area contributed by atoms with Gasteiger partial charge in [0.1, 0.15) is 10.6 Å². The molecule has 0 unspecified atom stereocenters. The molecule has 1 atom stereocenters. The van der Waals surface area contributed by atoms with Gasteiger partial charge in [0.05, 0.1) is 16.5 Å². The van der Waals surface area contributed by atoms with E-state index in [0.717, 1.165) is 5.69 Å². The molecule has 1 aromatic rings. The Kier molecular flexibility index (Phi) is 5.16. The maximum absolute atomic E-state index is 12.5. The first-order chi connectivity index (χ1) is 10.3. The lowest BCUT2D eigenvalue weighted by atomic mass is 10.1. The molecule has 0 spiro atoms. The summed E-state index contributed by atoms with van der Waals surface area (Å²) in [6.07, 6.45) is 1.06. The smallest absolute Gasteiger partial charge is 0.410 e. The SMILES string of the molecule is Cc1ccc([S@](=O)C2CCN(C(=O)OC(C)(C)C)CC2)nn1. The van der Waals surface area contributed by atoms with Crippen LogP contribution >= 0.6 is 0 Å². The van der Waals surface area contributed by atoms with Crippen LogP contribution in [-0.2, 0) is 15.5 Å². The zero-order valence-corrected chi connectivity index (χ0v) is 14.4. The van der Waals surface area contributed by atoms with Crippen molar-refractivity contribution < 1.29 is 13.7 Å². The molecule has 1 aliphatic rings. The summed E-state index contributed by atoms with van der Waals surface area (Å²) in [6, 6.07) is 3.58. The molecule has 1 saturated heterocycles. The molecule has 7 heteroatoms. The molecule has 0 aromatic carbocycles. The van der Waals surface area contributed by atoms with Crippen LogP contribution in [0.3, 0.4) is 0 Å². The third-order valence-corrected chi connectivity index (χ3v) is 5.08. The summed E-state index contributed by atoms with van der Waals surface area (Å²) in [5, 5.41) is 8.48. The lowest BCUT2D eigenvalue weighted by Gasteiger charge is -2.32. The second-order valence-corrected chi connectivity index (χ2v) is 8.16. The van der Waals surface area contributed by atoms with Gasteiger partial charge >= 0.3 is 6.09 Å². The Bertz CT molecular complexity index is 546. The number of amides is 1. The van der Waals surface area contributed by atoms with Gasteiger partial charge in [-0.15, -0.1) is 5.10 Å². The van der Waals surface area contributed by atoms with Crippen LogP contribution in [0, 0.1) is 6.92 Å². The van der Waals surface area contributed by atoms with E-state index in [1.807, 2.05) is 33.8 Å². The average Bonchev–Trinajstić information content (AvgIpc) is 2.46. The summed E-state index contributed by atoms with van der Waals surface area (Å²) in [7, 11) is -1.18. The summed E-state index contributed by atoms with van der Waals surface area (Å²) in [5.74, 6) is 0. The maximum Gasteiger partial charge on any atom is 0.410 e. The lowest BCUT2D eigenvalue weighted by Crippen LogP contribution is -2.43. The number of nitrogens with zero attached hydrogens (tertiary/aromatic N) is 3. The fraction of sp³-hybridized carbons (Fsp3) is 0.667. The average molecular weight is 325 g/mol. The molecule has 0 bridgehead atoms. The largest absolute Gasteiger partial charge is 0.444 e. The number of carbonyl (C=O) groups excluding carboxylic acids is 1. The van der Waals surface area contributed by atoms with Gasteiger partial charge in [0.25, 0.3) is 0 Å². The zero-order chi connectivity index (χ0) is 16.3. The van der Waals surface area contributed by atoms with E-state index in [0.29, 0.717) is 31.0 Å². The number of piperidine rings is 1. The number of hydrogen-bond donors (Lipinski definition) is 0. The van der Waals surface area contributed by atoms with Crippen LogP contribution < -0.4 is 0 Å². The van der Waals surface area contributed by atoms with Gasteiger partial charge in [-0.1, -0.05) is 0 Å². The minimum absolute atomic E-state index is 0.00990. The normalized spacial score (nSPS) is 18.1. The quantitative estimate of drug-likeness (QED) is 0.834. The molecule has 0 N–H and O–H groups in total. The van der Waals surface area contributed by atoms with Crippen molar-refractivity contribution in [3.63, 3.8) is 0 Å². The van der Waals surface area contributed by atoms with E-state index in [4.69, 9.17) is 4.74 Å². The van der Waals surface area contributed by atoms with Crippen LogP contribution in [0.1, 0.15) is 39.3 Å². The Morgan fingerprint density at radius 1 is 1.27 bits per heavy atom. The first-order valence-corrected chi connectivity index (χ1v) is 8.66. The molecule has 1 amide bonds. The highest BCUT2D eigenvalue weighted by molar-refractivity contribution is 7.85. The van der Waals surface area contributed by atoms with Crippen LogP contribution in [0.25, 0.3) is 0 Å². The Hall–Kier alpha value is -1.50. The number of rotatable bonds is 2. The highest BCUT2D eigenvalue weighted by Crippen LogP contribution is 2.21. The van der Waals surface area contributed by atoms with Crippen molar-refractivity contribution in [3.8, 4) is 0 Å². The van der Waals surface area contributed by atoms with Gasteiger partial charge in [0, 0.05) is 18.3 Å². The van der Waals surface area contributed by atoms with Crippen molar-refractivity contribution in [2.45, 2.75) is 56.4 Å². The van der Waals surface area contributed by atoms with Crippen molar-refractivity contribution in [1.29, 1.82) is 0 Å². The lowest BCUT2D eigenvalue weighted by molar-refractivity contribution is 0.0218. The Labute approximate surface area is 133 Å². The highest BCUT2D eigenvalue weighted by Gasteiger charge is 2.30. The van der Waals surface area contributed by atoms with Crippen LogP contribution in [0.4, 0.5) is 4.79 Å². The van der Waals surface area contributed by atoms with E-state index in [1.165, 1.54) is 0 Å². The fourth-order valence-corrected chi connectivity index (χ4v) is 3.55. The molecule has 1 aromatic heterocycles. The van der Waals surface area contributed by atoms with E-state index < -0.39 is 16.4 Å². The van der Waals surface area contributed by atoms with E-state index >= 15 is 0 Å². The topological polar surface area (TPSA) is 72.4 Å². The van der Waals surface area contributed by atoms with Gasteiger partial charge in [-0.25, -0.2) is 4.79 Å². The fourth-order valence-electron chi connectivity index (χ4n) is 2.24. The second-order valence-electron chi connectivity index (χ2n) is 6.48. The summed E-state index contributed by atoms with van der Waals surface area (Å²) >= 11 is 0. The Balaban J connectivity index is 1.90. The summed E-state index contributed by atoms with van der Waals surface area (Å²) in [4.78, 5) is 13.7. The maximum atomic E-state index is 12.5. The van der Waals surface area contributed by atoms with E-state index in [9.17, 15) is 9.00 Å². The van der Waals surface area contributed by atoms with E-state index in [-0.39, 0.29) is 11.3 Å². The highest BCUT2D eigenvalue weighted by atomic mass is 32.2. The molecule has 22 heavy (non-hydrogen) atoms. The van der Waals surface area contributed by atoms with Gasteiger partial charge in [-0.2, -0.15) is 5.10 Å². The van der Waals surface area contributed by atoms with Crippen molar-refractivity contribution in [3.05, 3.63) is 17.8 Å². The third-order valence-electron chi connectivity index (χ3n) is 3.38. The summed E-state index contributed by atoms with van der Waals surface area (Å²) < 4.78 is 17.8. The minimum atomic E-state index is -1.18. The van der Waals surface area contributed by atoms with Gasteiger partial charge < -0.3 is 9.64 Å². The molecular weight excluding hydrogens is 302 g/mol. The Morgan fingerprint density at radius 2 is 1.91 bits per heavy atom. The molecule has 6 nitrogen and oxygen atoms in total. The molecule has 1 fully saturated rings. The second kappa shape index (κ2) is 6.73. The van der Waals surface area contributed by atoms with Crippen molar-refractivity contribution in [2.75, 3.05) is 13.1 Å². The zero-order valence-electron chi connectivity index (χ0n) is 13.5. The molecule has 2 heterocycles. The van der Waals surface area contributed by atoms with E-state index in [2.05, 4.69) is 10.2 Å². The third kappa shape index (κ3) is 4.50. The molecule has 0 saturated carbocycles. The minimum Gasteiger partial charge on any atom is -0.444 e. The summed E-state index contributed by atoms with van der Waals surface area (Å²) in [6.45, 7) is 8.52. The van der Waals surface area contributed by atoms with Gasteiger partial charge in [-0.05, 0) is 52.7 Å². The van der Waals surface area contributed by atoms with E-state index in [1.54, 1.807) is 11.0 Å². The molecule has 0 radical (unpaired) electrons. The van der Waals surface area contributed by atoms with Crippen molar-refractivity contribution in [2.24, 2.45) is 0 Å². The number of aryl methyl sites for hydroxylation is 1. The predicted octanol–water partition coefficient (Wildman–Crippen LogP) is 2.29. The van der Waals surface area contributed by atoms with Gasteiger partial charge in [0.15, 0.2) is 0 Å². The monoisotopic (exact) mass is 325 g/mol. The summed E-state index contributed by atoms with van der Waals surface area (Å²) in [5.41, 5.74) is 0.314. The van der Waals surface area contributed by atoms with Crippen LogP contribution in [-0.4, -0.2) is 49.3 Å². The molecule has 2 rings (SSSR count). The molecular formula is C15H23N3O3S. The molecule has 1 aliphatic heterocycles. The van der Waals surface area contributed by atoms with Crippen molar-refractivity contribution in [1.82, 2.24) is 15.1 Å². The number of carbonyl (C=O) groups is 1. The first-order valence-electron chi connectivity index (χ1n) is 7.45. The van der Waals surface area contributed by atoms with Gasteiger partial charge in [-0.3, -0.25) is 4.21 Å². The number of ether oxygens (including phenoxy) is 1. The Morgan fingerprint density at radius 3 is 2.41 bits per heavy atom. The van der Waals surface area contributed by atoms with Crippen LogP contribution in [0.2, 0.25) is 0 Å². The number of aromatic nitrogens is 2.